The van der Waals surface area contributed by atoms with E-state index in [2.05, 4.69) is 29.7 Å². The maximum Gasteiger partial charge on any atom is 0.173 e. The van der Waals surface area contributed by atoms with E-state index in [1.54, 1.807) is 24.3 Å². The van der Waals surface area contributed by atoms with E-state index >= 15 is 0 Å². The zero-order valence-corrected chi connectivity index (χ0v) is 15.1. The highest BCUT2D eigenvalue weighted by molar-refractivity contribution is 8.03. The fraction of sp³-hybridized carbons (Fsp3) is 0.0455. The predicted molar refractivity (Wildman–Crippen MR) is 108 cm³/mol. The smallest absolute Gasteiger partial charge is 0.173 e. The van der Waals surface area contributed by atoms with Crippen molar-refractivity contribution in [3.63, 3.8) is 0 Å². The molecule has 0 spiro atoms. The highest BCUT2D eigenvalue weighted by atomic mass is 35.5. The summed E-state index contributed by atoms with van der Waals surface area (Å²) in [6.07, 6.45) is 0. The van der Waals surface area contributed by atoms with E-state index < -0.39 is 0 Å². The van der Waals surface area contributed by atoms with Crippen LogP contribution in [0, 0.1) is 0 Å². The molecule has 25 heavy (non-hydrogen) atoms. The van der Waals surface area contributed by atoms with E-state index in [1.807, 2.05) is 36.4 Å². The van der Waals surface area contributed by atoms with Gasteiger partial charge in [-0.25, -0.2) is 0 Å². The van der Waals surface area contributed by atoms with Crippen LogP contribution in [0.3, 0.4) is 0 Å². The lowest BCUT2D eigenvalue weighted by Gasteiger charge is -2.08. The number of rotatable bonds is 6. The van der Waals surface area contributed by atoms with Gasteiger partial charge in [-0.15, -0.1) is 11.8 Å². The monoisotopic (exact) mass is 364 g/mol. The van der Waals surface area contributed by atoms with Crippen molar-refractivity contribution in [1.29, 1.82) is 0 Å². The predicted octanol–water partition coefficient (Wildman–Crippen LogP) is 6.35. The van der Waals surface area contributed by atoms with Crippen molar-refractivity contribution in [2.45, 2.75) is 0 Å². The molecule has 0 aliphatic rings. The van der Waals surface area contributed by atoms with Crippen molar-refractivity contribution in [3.05, 3.63) is 112 Å². The molecule has 1 nitrogen and oxygen atoms in total. The average molecular weight is 365 g/mol. The summed E-state index contributed by atoms with van der Waals surface area (Å²) >= 11 is 7.39. The normalized spacial score (nSPS) is 10.3. The fourth-order valence-corrected chi connectivity index (χ4v) is 3.42. The fourth-order valence-electron chi connectivity index (χ4n) is 2.46. The number of hydrogen-bond acceptors (Lipinski definition) is 2. The second-order valence-electron chi connectivity index (χ2n) is 5.50. The third-order valence-electron chi connectivity index (χ3n) is 3.75. The summed E-state index contributed by atoms with van der Waals surface area (Å²) in [6.45, 7) is 0. The summed E-state index contributed by atoms with van der Waals surface area (Å²) in [5.74, 6) is 0.489. The lowest BCUT2D eigenvalue weighted by molar-refractivity contribution is 0.102. The Kier molecular flexibility index (Phi) is 6.10. The van der Waals surface area contributed by atoms with Crippen LogP contribution in [-0.2, 0) is 0 Å². The molecule has 3 heteroatoms. The number of benzene rings is 3. The Balaban J connectivity index is 1.77. The summed E-state index contributed by atoms with van der Waals surface area (Å²) in [4.78, 5) is 12.3. The molecule has 0 heterocycles. The lowest BCUT2D eigenvalue weighted by atomic mass is 10.00. The number of ketones is 1. The number of carbonyl (C=O) groups excluding carboxylic acids is 1. The molecule has 0 aliphatic carbocycles. The Bertz CT molecular complexity index is 814. The number of carbonyl (C=O) groups is 1. The summed E-state index contributed by atoms with van der Waals surface area (Å²) in [6, 6.07) is 27.5. The van der Waals surface area contributed by atoms with Crippen molar-refractivity contribution < 1.29 is 4.79 Å². The molecule has 3 aromatic carbocycles. The lowest BCUT2D eigenvalue weighted by Crippen LogP contribution is -2.01. The van der Waals surface area contributed by atoms with E-state index in [4.69, 9.17) is 11.6 Å². The van der Waals surface area contributed by atoms with Gasteiger partial charge < -0.3 is 0 Å². The summed E-state index contributed by atoms with van der Waals surface area (Å²) in [5.41, 5.74) is 4.08. The molecule has 0 saturated heterocycles. The molecule has 0 aliphatic heterocycles. The second-order valence-corrected chi connectivity index (χ2v) is 6.80. The van der Waals surface area contributed by atoms with Gasteiger partial charge in [0.05, 0.1) is 5.75 Å². The van der Waals surface area contributed by atoms with Crippen molar-refractivity contribution in [1.82, 2.24) is 0 Å². The molecule has 0 bridgehead atoms. The summed E-state index contributed by atoms with van der Waals surface area (Å²) in [7, 11) is 0. The molecule has 0 aromatic heterocycles. The zero-order chi connectivity index (χ0) is 17.5. The van der Waals surface area contributed by atoms with Crippen LogP contribution in [0.15, 0.2) is 90.3 Å². The maximum absolute atomic E-state index is 12.3. The molecular weight excluding hydrogens is 348 g/mol. The first-order chi connectivity index (χ1) is 12.2. The second kappa shape index (κ2) is 8.70. The van der Waals surface area contributed by atoms with Gasteiger partial charge in [0.1, 0.15) is 0 Å². The maximum atomic E-state index is 12.3. The highest BCUT2D eigenvalue weighted by Crippen LogP contribution is 2.26. The molecule has 124 valence electrons. The van der Waals surface area contributed by atoms with Crippen LogP contribution in [0.1, 0.15) is 21.5 Å². The summed E-state index contributed by atoms with van der Waals surface area (Å²) in [5, 5.41) is 2.71. The topological polar surface area (TPSA) is 17.1 Å². The highest BCUT2D eigenvalue weighted by Gasteiger charge is 2.07. The van der Waals surface area contributed by atoms with Crippen LogP contribution < -0.4 is 0 Å². The molecular formula is C22H17ClOS. The molecule has 0 saturated carbocycles. The molecule has 0 amide bonds. The van der Waals surface area contributed by atoms with E-state index in [9.17, 15) is 4.79 Å². The average Bonchev–Trinajstić information content (AvgIpc) is 2.67. The third kappa shape index (κ3) is 4.85. The van der Waals surface area contributed by atoms with Crippen LogP contribution in [0.5, 0.6) is 0 Å². The van der Waals surface area contributed by atoms with Crippen molar-refractivity contribution in [3.8, 4) is 0 Å². The summed E-state index contributed by atoms with van der Waals surface area (Å²) < 4.78 is 0. The van der Waals surface area contributed by atoms with E-state index in [-0.39, 0.29) is 5.78 Å². The number of thioether (sulfide) groups is 1. The minimum Gasteiger partial charge on any atom is -0.293 e. The van der Waals surface area contributed by atoms with Crippen LogP contribution in [0.4, 0.5) is 0 Å². The van der Waals surface area contributed by atoms with Gasteiger partial charge in [-0.1, -0.05) is 72.3 Å². The van der Waals surface area contributed by atoms with Gasteiger partial charge >= 0.3 is 0 Å². The minimum atomic E-state index is 0.0957. The van der Waals surface area contributed by atoms with Gasteiger partial charge in [0, 0.05) is 10.6 Å². The molecule has 0 atom stereocenters. The van der Waals surface area contributed by atoms with Crippen LogP contribution in [-0.4, -0.2) is 11.5 Å². The molecule has 0 unspecified atom stereocenters. The van der Waals surface area contributed by atoms with Gasteiger partial charge in [0.15, 0.2) is 5.78 Å². The zero-order valence-electron chi connectivity index (χ0n) is 13.6. The van der Waals surface area contributed by atoms with E-state index in [0.29, 0.717) is 16.3 Å². The van der Waals surface area contributed by atoms with Gasteiger partial charge in [-0.3, -0.25) is 4.79 Å². The first kappa shape index (κ1) is 17.5. The Hall–Kier alpha value is -2.29. The van der Waals surface area contributed by atoms with E-state index in [0.717, 1.165) is 16.7 Å². The standard InChI is InChI=1S/C22H17ClOS/c23-20-13-11-19(12-14-20)22(24)16-25-15-21(17-7-3-1-4-8-17)18-9-5-2-6-10-18/h1-15H,16H2. The van der Waals surface area contributed by atoms with Crippen molar-refractivity contribution in [2.24, 2.45) is 0 Å². The van der Waals surface area contributed by atoms with Gasteiger partial charge in [0.25, 0.3) is 0 Å². The third-order valence-corrected chi connectivity index (χ3v) is 4.83. The van der Waals surface area contributed by atoms with E-state index in [1.165, 1.54) is 11.8 Å². The number of hydrogen-bond donors (Lipinski definition) is 0. The molecule has 0 N–H and O–H groups in total. The largest absolute Gasteiger partial charge is 0.293 e. The van der Waals surface area contributed by atoms with Crippen molar-refractivity contribution in [2.75, 3.05) is 5.75 Å². The Morgan fingerprint density at radius 2 is 1.28 bits per heavy atom. The minimum absolute atomic E-state index is 0.0957. The molecule has 0 radical (unpaired) electrons. The first-order valence-corrected chi connectivity index (χ1v) is 9.38. The van der Waals surface area contributed by atoms with Gasteiger partial charge in [-0.2, -0.15) is 0 Å². The van der Waals surface area contributed by atoms with Gasteiger partial charge in [0.2, 0.25) is 0 Å². The van der Waals surface area contributed by atoms with Crippen molar-refractivity contribution >= 4 is 34.7 Å². The SMILES string of the molecule is O=C(CSC=C(c1ccccc1)c1ccccc1)c1ccc(Cl)cc1. The Morgan fingerprint density at radius 1 is 0.760 bits per heavy atom. The number of halogens is 1. The molecule has 3 rings (SSSR count). The van der Waals surface area contributed by atoms with Crippen LogP contribution in [0.2, 0.25) is 5.02 Å². The molecule has 0 fully saturated rings. The van der Waals surface area contributed by atoms with Gasteiger partial charge in [-0.05, 0) is 46.4 Å². The Labute approximate surface area is 157 Å². The quantitative estimate of drug-likeness (QED) is 0.474. The number of Topliss-reactive ketones (excluding diaryl/α,β-unsaturated/α-hetero) is 1. The van der Waals surface area contributed by atoms with Crippen LogP contribution in [0.25, 0.3) is 5.57 Å². The Morgan fingerprint density at radius 3 is 1.80 bits per heavy atom. The first-order valence-electron chi connectivity index (χ1n) is 7.95. The molecule has 3 aromatic rings. The van der Waals surface area contributed by atoms with Crippen LogP contribution >= 0.6 is 23.4 Å².